The maximum absolute atomic E-state index is 12.0. The molecule has 0 aliphatic rings. The van der Waals surface area contributed by atoms with Crippen molar-refractivity contribution in [1.29, 1.82) is 0 Å². The Bertz CT molecular complexity index is 646. The number of hydrogen-bond acceptors (Lipinski definition) is 4. The highest BCUT2D eigenvalue weighted by atomic mass is 32.2. The van der Waals surface area contributed by atoms with Gasteiger partial charge in [0.15, 0.2) is 0 Å². The highest BCUT2D eigenvalue weighted by Gasteiger charge is 2.12. The molecule has 134 valence electrons. The SMILES string of the molecule is CCN(c1ccccc1)c1ccc(CNC(=O)[C@@H](N)CCSC)cc1. The Morgan fingerprint density at radius 1 is 1.12 bits per heavy atom. The van der Waals surface area contributed by atoms with Crippen LogP contribution in [0.1, 0.15) is 18.9 Å². The van der Waals surface area contributed by atoms with Crippen molar-refractivity contribution in [3.05, 3.63) is 60.2 Å². The topological polar surface area (TPSA) is 58.4 Å². The lowest BCUT2D eigenvalue weighted by Crippen LogP contribution is -2.40. The fourth-order valence-corrected chi connectivity index (χ4v) is 3.10. The fraction of sp³-hybridized carbons (Fsp3) is 0.350. The molecule has 0 aliphatic heterocycles. The monoisotopic (exact) mass is 357 g/mol. The lowest BCUT2D eigenvalue weighted by molar-refractivity contribution is -0.122. The van der Waals surface area contributed by atoms with Gasteiger partial charge in [-0.3, -0.25) is 4.79 Å². The van der Waals surface area contributed by atoms with Gasteiger partial charge >= 0.3 is 0 Å². The van der Waals surface area contributed by atoms with Crippen molar-refractivity contribution in [1.82, 2.24) is 5.32 Å². The van der Waals surface area contributed by atoms with Crippen LogP contribution in [-0.2, 0) is 11.3 Å². The Labute approximate surface area is 154 Å². The zero-order chi connectivity index (χ0) is 18.1. The highest BCUT2D eigenvalue weighted by molar-refractivity contribution is 7.98. The number of rotatable bonds is 9. The molecule has 0 radical (unpaired) electrons. The van der Waals surface area contributed by atoms with E-state index in [4.69, 9.17) is 5.73 Å². The lowest BCUT2D eigenvalue weighted by atomic mass is 10.1. The van der Waals surface area contributed by atoms with E-state index >= 15 is 0 Å². The zero-order valence-corrected chi connectivity index (χ0v) is 15.8. The first-order chi connectivity index (χ1) is 12.2. The molecule has 0 aromatic heterocycles. The molecule has 5 heteroatoms. The Balaban J connectivity index is 1.94. The number of carbonyl (C=O) groups excluding carboxylic acids is 1. The van der Waals surface area contributed by atoms with Crippen molar-refractivity contribution in [3.8, 4) is 0 Å². The number of anilines is 2. The number of amides is 1. The van der Waals surface area contributed by atoms with Crippen LogP contribution in [0.3, 0.4) is 0 Å². The minimum atomic E-state index is -0.430. The summed E-state index contributed by atoms with van der Waals surface area (Å²) in [7, 11) is 0. The minimum absolute atomic E-state index is 0.0856. The second-order valence-electron chi connectivity index (χ2n) is 5.85. The Morgan fingerprint density at radius 2 is 1.76 bits per heavy atom. The summed E-state index contributed by atoms with van der Waals surface area (Å²) >= 11 is 1.70. The Kier molecular flexibility index (Phi) is 7.82. The molecule has 0 fully saturated rings. The number of nitrogens with zero attached hydrogens (tertiary/aromatic N) is 1. The smallest absolute Gasteiger partial charge is 0.237 e. The molecule has 0 spiro atoms. The quantitative estimate of drug-likeness (QED) is 0.721. The molecule has 2 aromatic rings. The molecule has 25 heavy (non-hydrogen) atoms. The third-order valence-corrected chi connectivity index (χ3v) is 4.71. The molecule has 0 bridgehead atoms. The van der Waals surface area contributed by atoms with E-state index < -0.39 is 6.04 Å². The van der Waals surface area contributed by atoms with Gasteiger partial charge in [-0.15, -0.1) is 0 Å². The van der Waals surface area contributed by atoms with Crippen molar-refractivity contribution in [2.24, 2.45) is 5.73 Å². The van der Waals surface area contributed by atoms with Gasteiger partial charge in [-0.1, -0.05) is 30.3 Å². The number of nitrogens with one attached hydrogen (secondary N) is 1. The van der Waals surface area contributed by atoms with Gasteiger partial charge in [0, 0.05) is 24.5 Å². The fourth-order valence-electron chi connectivity index (χ4n) is 2.61. The summed E-state index contributed by atoms with van der Waals surface area (Å²) in [6, 6.07) is 18.2. The van der Waals surface area contributed by atoms with Gasteiger partial charge < -0.3 is 16.0 Å². The number of carbonyl (C=O) groups is 1. The van der Waals surface area contributed by atoms with E-state index in [1.807, 2.05) is 24.5 Å². The third-order valence-electron chi connectivity index (χ3n) is 4.07. The molecular formula is C20H27N3OS. The van der Waals surface area contributed by atoms with E-state index in [1.54, 1.807) is 11.8 Å². The Hall–Kier alpha value is -1.98. The molecule has 1 atom stereocenters. The van der Waals surface area contributed by atoms with Crippen molar-refractivity contribution < 1.29 is 4.79 Å². The summed E-state index contributed by atoms with van der Waals surface area (Å²) in [4.78, 5) is 14.2. The largest absolute Gasteiger partial charge is 0.351 e. The van der Waals surface area contributed by atoms with E-state index in [0.29, 0.717) is 13.0 Å². The van der Waals surface area contributed by atoms with Crippen molar-refractivity contribution in [2.75, 3.05) is 23.5 Å². The molecule has 0 heterocycles. The molecule has 2 aromatic carbocycles. The number of para-hydroxylation sites is 1. The van der Waals surface area contributed by atoms with Gasteiger partial charge in [0.25, 0.3) is 0 Å². The molecule has 3 N–H and O–H groups in total. The summed E-state index contributed by atoms with van der Waals surface area (Å²) in [6.07, 6.45) is 2.72. The molecule has 1 amide bonds. The van der Waals surface area contributed by atoms with E-state index in [-0.39, 0.29) is 5.91 Å². The van der Waals surface area contributed by atoms with Crippen LogP contribution < -0.4 is 16.0 Å². The minimum Gasteiger partial charge on any atom is -0.351 e. The second-order valence-corrected chi connectivity index (χ2v) is 6.84. The average Bonchev–Trinajstić information content (AvgIpc) is 2.66. The lowest BCUT2D eigenvalue weighted by Gasteiger charge is -2.23. The van der Waals surface area contributed by atoms with Crippen molar-refractivity contribution in [2.45, 2.75) is 25.9 Å². The molecule has 0 saturated heterocycles. The van der Waals surface area contributed by atoms with Crippen molar-refractivity contribution >= 4 is 29.0 Å². The van der Waals surface area contributed by atoms with E-state index in [9.17, 15) is 4.79 Å². The van der Waals surface area contributed by atoms with Gasteiger partial charge in [-0.05, 0) is 55.2 Å². The zero-order valence-electron chi connectivity index (χ0n) is 14.9. The summed E-state index contributed by atoms with van der Waals surface area (Å²) in [6.45, 7) is 3.53. The first-order valence-electron chi connectivity index (χ1n) is 8.59. The number of nitrogens with two attached hydrogens (primary N) is 1. The number of thioether (sulfide) groups is 1. The molecule has 4 nitrogen and oxygen atoms in total. The highest BCUT2D eigenvalue weighted by Crippen LogP contribution is 2.24. The van der Waals surface area contributed by atoms with Gasteiger partial charge in [-0.25, -0.2) is 0 Å². The van der Waals surface area contributed by atoms with E-state index in [1.165, 1.54) is 5.69 Å². The normalized spacial score (nSPS) is 11.8. The van der Waals surface area contributed by atoms with Crippen LogP contribution in [0.25, 0.3) is 0 Å². The maximum Gasteiger partial charge on any atom is 0.237 e. The van der Waals surface area contributed by atoms with Crippen molar-refractivity contribution in [3.63, 3.8) is 0 Å². The Morgan fingerprint density at radius 3 is 2.36 bits per heavy atom. The summed E-state index contributed by atoms with van der Waals surface area (Å²) in [5, 5.41) is 2.92. The van der Waals surface area contributed by atoms with Crippen LogP contribution in [-0.4, -0.2) is 30.5 Å². The van der Waals surface area contributed by atoms with Crippen LogP contribution in [0.4, 0.5) is 11.4 Å². The van der Waals surface area contributed by atoms with Gasteiger partial charge in [0.2, 0.25) is 5.91 Å². The van der Waals surface area contributed by atoms with Crippen LogP contribution in [0.15, 0.2) is 54.6 Å². The third kappa shape index (κ3) is 5.80. The van der Waals surface area contributed by atoms with Crippen LogP contribution in [0.2, 0.25) is 0 Å². The van der Waals surface area contributed by atoms with E-state index in [0.717, 1.165) is 23.5 Å². The average molecular weight is 358 g/mol. The molecule has 2 rings (SSSR count). The van der Waals surface area contributed by atoms with Gasteiger partial charge in [0.05, 0.1) is 6.04 Å². The van der Waals surface area contributed by atoms with Crippen LogP contribution in [0, 0.1) is 0 Å². The molecule has 0 unspecified atom stereocenters. The molecule has 0 saturated carbocycles. The van der Waals surface area contributed by atoms with Gasteiger partial charge in [0.1, 0.15) is 0 Å². The summed E-state index contributed by atoms with van der Waals surface area (Å²) < 4.78 is 0. The predicted molar refractivity (Wildman–Crippen MR) is 108 cm³/mol. The van der Waals surface area contributed by atoms with E-state index in [2.05, 4.69) is 53.5 Å². The molecule has 0 aliphatic carbocycles. The number of hydrogen-bond donors (Lipinski definition) is 2. The van der Waals surface area contributed by atoms with Gasteiger partial charge in [-0.2, -0.15) is 11.8 Å². The standard InChI is InChI=1S/C20H27N3OS/c1-3-23(17-7-5-4-6-8-17)18-11-9-16(10-12-18)15-22-20(24)19(21)13-14-25-2/h4-12,19H,3,13-15,21H2,1-2H3,(H,22,24)/t19-/m0/s1. The van der Waals surface area contributed by atoms with Crippen LogP contribution >= 0.6 is 11.8 Å². The first kappa shape index (κ1) is 19.3. The second kappa shape index (κ2) is 10.1. The maximum atomic E-state index is 12.0. The summed E-state index contributed by atoms with van der Waals surface area (Å²) in [5.41, 5.74) is 9.26. The first-order valence-corrected chi connectivity index (χ1v) is 9.98. The predicted octanol–water partition coefficient (Wildman–Crippen LogP) is 3.54. The van der Waals surface area contributed by atoms with Crippen LogP contribution in [0.5, 0.6) is 0 Å². The summed E-state index contributed by atoms with van der Waals surface area (Å²) in [5.74, 6) is 0.813. The number of benzene rings is 2. The molecular weight excluding hydrogens is 330 g/mol.